The molecule has 2 N–H and O–H groups in total. The highest BCUT2D eigenvalue weighted by Crippen LogP contribution is 2.41. The van der Waals surface area contributed by atoms with Gasteiger partial charge in [-0.1, -0.05) is 40.9 Å². The Labute approximate surface area is 122 Å². The van der Waals surface area contributed by atoms with Crippen molar-refractivity contribution in [2.24, 2.45) is 0 Å². The van der Waals surface area contributed by atoms with Crippen LogP contribution in [0.4, 0.5) is 0 Å². The first kappa shape index (κ1) is 14.5. The summed E-state index contributed by atoms with van der Waals surface area (Å²) < 4.78 is 1.02. The van der Waals surface area contributed by atoms with E-state index in [0.29, 0.717) is 0 Å². The van der Waals surface area contributed by atoms with Crippen molar-refractivity contribution < 1.29 is 9.90 Å². The van der Waals surface area contributed by atoms with Gasteiger partial charge in [0.1, 0.15) is 0 Å². The van der Waals surface area contributed by atoms with E-state index in [1.54, 1.807) is 0 Å². The Bertz CT molecular complexity index is 438. The molecule has 1 aliphatic carbocycles. The van der Waals surface area contributed by atoms with Crippen LogP contribution in [0, 0.1) is 0 Å². The first-order chi connectivity index (χ1) is 9.08. The highest BCUT2D eigenvalue weighted by Gasteiger charge is 2.42. The van der Waals surface area contributed by atoms with E-state index < -0.39 is 5.41 Å². The van der Waals surface area contributed by atoms with Crippen LogP contribution in [0.5, 0.6) is 0 Å². The lowest BCUT2D eigenvalue weighted by Crippen LogP contribution is -2.47. The molecule has 0 heterocycles. The molecule has 19 heavy (non-hydrogen) atoms. The van der Waals surface area contributed by atoms with Crippen LogP contribution in [-0.4, -0.2) is 23.7 Å². The average Bonchev–Trinajstić information content (AvgIpc) is 2.90. The normalized spacial score (nSPS) is 19.1. The predicted molar refractivity (Wildman–Crippen MR) is 79.0 cm³/mol. The molecular formula is C15H20BrNO2. The van der Waals surface area contributed by atoms with Gasteiger partial charge in [-0.2, -0.15) is 0 Å². The molecule has 0 radical (unpaired) electrons. The fourth-order valence-corrected chi connectivity index (χ4v) is 3.07. The molecule has 4 heteroatoms. The average molecular weight is 326 g/mol. The number of hydrogen-bond donors (Lipinski definition) is 2. The molecule has 0 aliphatic heterocycles. The molecule has 1 aliphatic rings. The molecule has 0 spiro atoms. The maximum absolute atomic E-state index is 12.6. The predicted octanol–water partition coefficient (Wildman–Crippen LogP) is 2.76. The third-order valence-corrected chi connectivity index (χ3v) is 4.47. The van der Waals surface area contributed by atoms with E-state index in [0.717, 1.165) is 35.7 Å². The Hall–Kier alpha value is -0.870. The molecule has 1 saturated carbocycles. The molecular weight excluding hydrogens is 306 g/mol. The van der Waals surface area contributed by atoms with Crippen molar-refractivity contribution in [3.8, 4) is 0 Å². The number of nitrogens with one attached hydrogen (secondary N) is 1. The van der Waals surface area contributed by atoms with Gasteiger partial charge in [-0.15, -0.1) is 0 Å². The molecule has 0 bridgehead atoms. The zero-order valence-electron chi connectivity index (χ0n) is 11.2. The van der Waals surface area contributed by atoms with Crippen LogP contribution >= 0.6 is 15.9 Å². The summed E-state index contributed by atoms with van der Waals surface area (Å²) in [6.45, 7) is 1.80. The second-order valence-electron chi connectivity index (χ2n) is 5.35. The summed E-state index contributed by atoms with van der Waals surface area (Å²) in [6.07, 6.45) is 3.94. The number of carbonyl (C=O) groups excluding carboxylic acids is 1. The number of halogens is 1. The Balaban J connectivity index is 2.27. The summed E-state index contributed by atoms with van der Waals surface area (Å²) in [5, 5.41) is 12.0. The van der Waals surface area contributed by atoms with Crippen LogP contribution in [0.1, 0.15) is 38.2 Å². The minimum absolute atomic E-state index is 0.0256. The Morgan fingerprint density at radius 1 is 1.37 bits per heavy atom. The Kier molecular flexibility index (Phi) is 4.63. The zero-order chi connectivity index (χ0) is 13.9. The smallest absolute Gasteiger partial charge is 0.230 e. The molecule has 1 aromatic rings. The third-order valence-electron chi connectivity index (χ3n) is 3.94. The standard InChI is InChI=1S/C15H20BrNO2/c1-11(10-18)17-14(19)15(8-2-3-9-15)12-4-6-13(16)7-5-12/h4-7,11,18H,2-3,8-10H2,1H3,(H,17,19). The van der Waals surface area contributed by atoms with Crippen LogP contribution in [-0.2, 0) is 10.2 Å². The second-order valence-corrected chi connectivity index (χ2v) is 6.27. The minimum atomic E-state index is -0.413. The topological polar surface area (TPSA) is 49.3 Å². The molecule has 2 rings (SSSR count). The number of carbonyl (C=O) groups is 1. The maximum Gasteiger partial charge on any atom is 0.230 e. The summed E-state index contributed by atoms with van der Waals surface area (Å²) in [5.41, 5.74) is 0.667. The van der Waals surface area contributed by atoms with E-state index in [2.05, 4.69) is 21.2 Å². The van der Waals surface area contributed by atoms with Gasteiger partial charge in [0.2, 0.25) is 5.91 Å². The molecule has 0 saturated heterocycles. The van der Waals surface area contributed by atoms with Crippen molar-refractivity contribution >= 4 is 21.8 Å². The van der Waals surface area contributed by atoms with Gasteiger partial charge in [0.15, 0.2) is 0 Å². The van der Waals surface area contributed by atoms with Crippen molar-refractivity contribution in [2.75, 3.05) is 6.61 Å². The van der Waals surface area contributed by atoms with Gasteiger partial charge in [-0.05, 0) is 37.5 Å². The second kappa shape index (κ2) is 6.06. The van der Waals surface area contributed by atoms with Gasteiger partial charge < -0.3 is 10.4 Å². The largest absolute Gasteiger partial charge is 0.394 e. The monoisotopic (exact) mass is 325 g/mol. The van der Waals surface area contributed by atoms with Crippen LogP contribution in [0.15, 0.2) is 28.7 Å². The number of hydrogen-bond acceptors (Lipinski definition) is 2. The Morgan fingerprint density at radius 2 is 1.95 bits per heavy atom. The highest BCUT2D eigenvalue weighted by molar-refractivity contribution is 9.10. The van der Waals surface area contributed by atoms with Crippen LogP contribution in [0.3, 0.4) is 0 Å². The molecule has 1 amide bonds. The SMILES string of the molecule is CC(CO)NC(=O)C1(c2ccc(Br)cc2)CCCC1. The van der Waals surface area contributed by atoms with Crippen molar-refractivity contribution in [1.82, 2.24) is 5.32 Å². The molecule has 0 aromatic heterocycles. The first-order valence-corrected chi connectivity index (χ1v) is 7.56. The fraction of sp³-hybridized carbons (Fsp3) is 0.533. The number of aliphatic hydroxyl groups excluding tert-OH is 1. The zero-order valence-corrected chi connectivity index (χ0v) is 12.7. The van der Waals surface area contributed by atoms with Crippen molar-refractivity contribution in [1.29, 1.82) is 0 Å². The first-order valence-electron chi connectivity index (χ1n) is 6.76. The lowest BCUT2D eigenvalue weighted by molar-refractivity contribution is -0.127. The van der Waals surface area contributed by atoms with E-state index in [9.17, 15) is 4.79 Å². The molecule has 1 aromatic carbocycles. The van der Waals surface area contributed by atoms with Gasteiger partial charge in [-0.25, -0.2) is 0 Å². The van der Waals surface area contributed by atoms with Gasteiger partial charge in [-0.3, -0.25) is 4.79 Å². The summed E-state index contributed by atoms with van der Waals surface area (Å²) >= 11 is 3.43. The quantitative estimate of drug-likeness (QED) is 0.894. The lowest BCUT2D eigenvalue weighted by atomic mass is 9.78. The van der Waals surface area contributed by atoms with E-state index in [1.807, 2.05) is 31.2 Å². The van der Waals surface area contributed by atoms with E-state index in [1.165, 1.54) is 0 Å². The van der Waals surface area contributed by atoms with E-state index in [-0.39, 0.29) is 18.6 Å². The number of benzene rings is 1. The number of aliphatic hydroxyl groups is 1. The minimum Gasteiger partial charge on any atom is -0.394 e. The lowest BCUT2D eigenvalue weighted by Gasteiger charge is -2.29. The van der Waals surface area contributed by atoms with Gasteiger partial charge >= 0.3 is 0 Å². The molecule has 1 atom stereocenters. The Morgan fingerprint density at radius 3 is 2.47 bits per heavy atom. The molecule has 3 nitrogen and oxygen atoms in total. The van der Waals surface area contributed by atoms with Gasteiger partial charge in [0.25, 0.3) is 0 Å². The van der Waals surface area contributed by atoms with Crippen LogP contribution in [0.25, 0.3) is 0 Å². The van der Waals surface area contributed by atoms with Crippen LogP contribution in [0.2, 0.25) is 0 Å². The van der Waals surface area contributed by atoms with Gasteiger partial charge in [0.05, 0.1) is 12.0 Å². The summed E-state index contributed by atoms with van der Waals surface area (Å²) in [5.74, 6) is 0.0499. The van der Waals surface area contributed by atoms with E-state index in [4.69, 9.17) is 5.11 Å². The third kappa shape index (κ3) is 3.00. The number of rotatable bonds is 4. The van der Waals surface area contributed by atoms with Crippen LogP contribution < -0.4 is 5.32 Å². The van der Waals surface area contributed by atoms with Crippen molar-refractivity contribution in [3.05, 3.63) is 34.3 Å². The van der Waals surface area contributed by atoms with Crippen molar-refractivity contribution in [3.63, 3.8) is 0 Å². The van der Waals surface area contributed by atoms with E-state index >= 15 is 0 Å². The highest BCUT2D eigenvalue weighted by atomic mass is 79.9. The fourth-order valence-electron chi connectivity index (χ4n) is 2.80. The number of amides is 1. The summed E-state index contributed by atoms with van der Waals surface area (Å²) in [7, 11) is 0. The maximum atomic E-state index is 12.6. The molecule has 1 fully saturated rings. The van der Waals surface area contributed by atoms with Gasteiger partial charge in [0, 0.05) is 10.5 Å². The van der Waals surface area contributed by atoms with Crippen molar-refractivity contribution in [2.45, 2.75) is 44.1 Å². The molecule has 1 unspecified atom stereocenters. The summed E-state index contributed by atoms with van der Waals surface area (Å²) in [6, 6.07) is 7.83. The summed E-state index contributed by atoms with van der Waals surface area (Å²) in [4.78, 5) is 12.6. The molecule has 104 valence electrons.